The summed E-state index contributed by atoms with van der Waals surface area (Å²) in [5, 5.41) is 6.30. The van der Waals surface area contributed by atoms with Gasteiger partial charge in [0.15, 0.2) is 0 Å². The molecule has 2 aromatic rings. The molecule has 0 aliphatic heterocycles. The third-order valence-corrected chi connectivity index (χ3v) is 3.72. The van der Waals surface area contributed by atoms with Crippen LogP contribution in [-0.4, -0.2) is 42.1 Å². The van der Waals surface area contributed by atoms with Gasteiger partial charge >= 0.3 is 0 Å². The van der Waals surface area contributed by atoms with E-state index >= 15 is 0 Å². The van der Waals surface area contributed by atoms with E-state index in [0.29, 0.717) is 23.4 Å². The Morgan fingerprint density at radius 2 is 2.00 bits per heavy atom. The summed E-state index contributed by atoms with van der Waals surface area (Å²) in [6, 6.07) is 8.52. The molecule has 0 saturated heterocycles. The van der Waals surface area contributed by atoms with Crippen molar-refractivity contribution in [2.75, 3.05) is 37.8 Å². The van der Waals surface area contributed by atoms with E-state index in [1.165, 1.54) is 6.07 Å². The van der Waals surface area contributed by atoms with Crippen molar-refractivity contribution in [1.82, 2.24) is 14.9 Å². The maximum Gasteiger partial charge on any atom is 0.224 e. The van der Waals surface area contributed by atoms with Crippen LogP contribution in [0.4, 0.5) is 21.8 Å². The molecule has 1 aliphatic rings. The average Bonchev–Trinajstić information content (AvgIpc) is 3.34. The van der Waals surface area contributed by atoms with E-state index in [2.05, 4.69) is 25.5 Å². The number of likely N-dealkylation sites (N-methyl/N-ethyl adjacent to an activating group) is 1. The molecule has 0 bridgehead atoms. The Morgan fingerprint density at radius 1 is 1.22 bits per heavy atom. The van der Waals surface area contributed by atoms with E-state index in [4.69, 9.17) is 0 Å². The van der Waals surface area contributed by atoms with Crippen LogP contribution in [0.15, 0.2) is 30.3 Å². The molecule has 0 spiro atoms. The number of nitrogens with one attached hydrogen (secondary N) is 2. The lowest BCUT2D eigenvalue weighted by atomic mass is 10.2. The van der Waals surface area contributed by atoms with E-state index < -0.39 is 0 Å². The molecule has 23 heavy (non-hydrogen) atoms. The van der Waals surface area contributed by atoms with Gasteiger partial charge in [0.05, 0.1) is 11.4 Å². The molecular weight excluding hydrogens is 293 g/mol. The Morgan fingerprint density at radius 3 is 2.70 bits per heavy atom. The molecule has 0 amide bonds. The van der Waals surface area contributed by atoms with E-state index in [1.54, 1.807) is 18.2 Å². The lowest BCUT2D eigenvalue weighted by Crippen LogP contribution is -2.21. The lowest BCUT2D eigenvalue weighted by molar-refractivity contribution is 0.425. The highest BCUT2D eigenvalue weighted by Gasteiger charge is 2.26. The molecule has 1 heterocycles. The molecule has 3 rings (SSSR count). The molecule has 5 nitrogen and oxygen atoms in total. The van der Waals surface area contributed by atoms with Crippen LogP contribution in [0.2, 0.25) is 0 Å². The highest BCUT2D eigenvalue weighted by atomic mass is 19.1. The van der Waals surface area contributed by atoms with E-state index in [9.17, 15) is 4.39 Å². The third kappa shape index (κ3) is 4.39. The van der Waals surface area contributed by atoms with Gasteiger partial charge in [0, 0.05) is 25.1 Å². The Bertz CT molecular complexity index is 670. The Labute approximate surface area is 136 Å². The molecule has 0 unspecified atom stereocenters. The van der Waals surface area contributed by atoms with Crippen molar-refractivity contribution in [3.8, 4) is 0 Å². The van der Waals surface area contributed by atoms with E-state index in [0.717, 1.165) is 31.6 Å². The summed E-state index contributed by atoms with van der Waals surface area (Å²) >= 11 is 0. The van der Waals surface area contributed by atoms with E-state index in [-0.39, 0.29) is 5.82 Å². The fourth-order valence-electron chi connectivity index (χ4n) is 2.29. The minimum Gasteiger partial charge on any atom is -0.353 e. The molecular formula is C17H22FN5. The van der Waals surface area contributed by atoms with Crippen molar-refractivity contribution in [3.05, 3.63) is 41.8 Å². The van der Waals surface area contributed by atoms with Crippen LogP contribution in [-0.2, 0) is 0 Å². The minimum atomic E-state index is -0.291. The summed E-state index contributed by atoms with van der Waals surface area (Å²) < 4.78 is 13.8. The zero-order valence-corrected chi connectivity index (χ0v) is 13.5. The molecule has 6 heteroatoms. The van der Waals surface area contributed by atoms with Gasteiger partial charge in [-0.3, -0.25) is 0 Å². The van der Waals surface area contributed by atoms with Gasteiger partial charge in [0.25, 0.3) is 0 Å². The standard InChI is InChI=1S/C17H22FN5/c1-23(2)10-9-19-17-21-15(12-7-8-12)11-16(22-17)20-14-6-4-3-5-13(14)18/h3-6,11-12H,7-10H2,1-2H3,(H2,19,20,21,22). The first-order valence-electron chi connectivity index (χ1n) is 7.91. The number of anilines is 3. The second-order valence-electron chi connectivity index (χ2n) is 6.11. The molecule has 1 aromatic carbocycles. The minimum absolute atomic E-state index is 0.291. The number of hydrogen-bond donors (Lipinski definition) is 2. The van der Waals surface area contributed by atoms with Gasteiger partial charge in [0.1, 0.15) is 11.6 Å². The maximum absolute atomic E-state index is 13.8. The molecule has 2 N–H and O–H groups in total. The van der Waals surface area contributed by atoms with Gasteiger partial charge in [-0.15, -0.1) is 0 Å². The van der Waals surface area contributed by atoms with Crippen molar-refractivity contribution in [2.45, 2.75) is 18.8 Å². The van der Waals surface area contributed by atoms with Crippen molar-refractivity contribution in [1.29, 1.82) is 0 Å². The van der Waals surface area contributed by atoms with Gasteiger partial charge < -0.3 is 15.5 Å². The van der Waals surface area contributed by atoms with Gasteiger partial charge in [-0.2, -0.15) is 4.98 Å². The SMILES string of the molecule is CN(C)CCNc1nc(Nc2ccccc2F)cc(C2CC2)n1. The summed E-state index contributed by atoms with van der Waals surface area (Å²) in [6.45, 7) is 1.66. The number of para-hydroxylation sites is 1. The smallest absolute Gasteiger partial charge is 0.224 e. The number of rotatable bonds is 7. The van der Waals surface area contributed by atoms with Gasteiger partial charge in [-0.05, 0) is 39.1 Å². The predicted molar refractivity (Wildman–Crippen MR) is 90.7 cm³/mol. The monoisotopic (exact) mass is 315 g/mol. The van der Waals surface area contributed by atoms with Crippen molar-refractivity contribution >= 4 is 17.5 Å². The molecule has 0 atom stereocenters. The number of nitrogens with zero attached hydrogens (tertiary/aromatic N) is 3. The molecule has 1 aliphatic carbocycles. The quantitative estimate of drug-likeness (QED) is 0.822. The van der Waals surface area contributed by atoms with Crippen molar-refractivity contribution < 1.29 is 4.39 Å². The summed E-state index contributed by atoms with van der Waals surface area (Å²) in [5.74, 6) is 1.43. The van der Waals surface area contributed by atoms with Gasteiger partial charge in [-0.25, -0.2) is 9.37 Å². The lowest BCUT2D eigenvalue weighted by Gasteiger charge is -2.13. The second-order valence-corrected chi connectivity index (χ2v) is 6.11. The van der Waals surface area contributed by atoms with Crippen molar-refractivity contribution in [2.24, 2.45) is 0 Å². The summed E-state index contributed by atoms with van der Waals surface area (Å²) in [5.41, 5.74) is 1.44. The maximum atomic E-state index is 13.8. The van der Waals surface area contributed by atoms with Gasteiger partial charge in [-0.1, -0.05) is 12.1 Å². The first-order valence-corrected chi connectivity index (χ1v) is 7.91. The predicted octanol–water partition coefficient (Wildman–Crippen LogP) is 3.21. The number of hydrogen-bond acceptors (Lipinski definition) is 5. The summed E-state index contributed by atoms with van der Waals surface area (Å²) in [6.07, 6.45) is 2.32. The zero-order valence-electron chi connectivity index (χ0n) is 13.5. The number of halogens is 1. The normalized spacial score (nSPS) is 14.1. The molecule has 1 fully saturated rings. The Balaban J connectivity index is 1.78. The van der Waals surface area contributed by atoms with Crippen LogP contribution in [0.5, 0.6) is 0 Å². The topological polar surface area (TPSA) is 53.1 Å². The van der Waals surface area contributed by atoms with Crippen LogP contribution >= 0.6 is 0 Å². The second kappa shape index (κ2) is 6.91. The Hall–Kier alpha value is -2.21. The van der Waals surface area contributed by atoms with Crippen molar-refractivity contribution in [3.63, 3.8) is 0 Å². The first kappa shape index (κ1) is 15.7. The van der Waals surface area contributed by atoms with Crippen LogP contribution in [0.3, 0.4) is 0 Å². The number of aromatic nitrogens is 2. The van der Waals surface area contributed by atoms with E-state index in [1.807, 2.05) is 20.2 Å². The molecule has 0 radical (unpaired) electrons. The zero-order chi connectivity index (χ0) is 16.2. The molecule has 1 saturated carbocycles. The van der Waals surface area contributed by atoms with Crippen LogP contribution in [0, 0.1) is 5.82 Å². The first-order chi connectivity index (χ1) is 11.1. The molecule has 122 valence electrons. The summed E-state index contributed by atoms with van der Waals surface area (Å²) in [7, 11) is 4.04. The average molecular weight is 315 g/mol. The summed E-state index contributed by atoms with van der Waals surface area (Å²) in [4.78, 5) is 11.1. The fraction of sp³-hybridized carbons (Fsp3) is 0.412. The van der Waals surface area contributed by atoms with Crippen LogP contribution in [0.1, 0.15) is 24.5 Å². The Kier molecular flexibility index (Phi) is 4.71. The molecule has 1 aromatic heterocycles. The van der Waals surface area contributed by atoms with Gasteiger partial charge in [0.2, 0.25) is 5.95 Å². The highest BCUT2D eigenvalue weighted by Crippen LogP contribution is 2.40. The largest absolute Gasteiger partial charge is 0.353 e. The van der Waals surface area contributed by atoms with Crippen LogP contribution < -0.4 is 10.6 Å². The highest BCUT2D eigenvalue weighted by molar-refractivity contribution is 5.58. The number of benzene rings is 1. The third-order valence-electron chi connectivity index (χ3n) is 3.72. The van der Waals surface area contributed by atoms with Crippen LogP contribution in [0.25, 0.3) is 0 Å². The fourth-order valence-corrected chi connectivity index (χ4v) is 2.29.